The highest BCUT2D eigenvalue weighted by atomic mass is 19.4. The van der Waals surface area contributed by atoms with Crippen LogP contribution < -0.4 is 11.1 Å². The molecule has 3 aromatic rings. The van der Waals surface area contributed by atoms with Gasteiger partial charge in [-0.05, 0) is 31.9 Å². The topological polar surface area (TPSA) is 115 Å². The largest absolute Gasteiger partial charge is 0.419 e. The second kappa shape index (κ2) is 7.96. The van der Waals surface area contributed by atoms with Gasteiger partial charge in [0.1, 0.15) is 5.82 Å². The Kier molecular flexibility index (Phi) is 5.18. The van der Waals surface area contributed by atoms with E-state index in [9.17, 15) is 18.0 Å². The van der Waals surface area contributed by atoms with Crippen molar-refractivity contribution in [3.8, 4) is 11.3 Å². The number of fused-ring (bicyclic) bond motifs is 2. The summed E-state index contributed by atoms with van der Waals surface area (Å²) in [5.74, 6) is -0.562. The SMILES string of the molecule is CC(NC(=O)N1CCC2(CCn3nc(-c4cnc(N)c(C(F)(F)F)c4)cc32)C1)c1cnccn1. The van der Waals surface area contributed by atoms with Gasteiger partial charge in [-0.25, -0.2) is 9.78 Å². The Labute approximate surface area is 193 Å². The van der Waals surface area contributed by atoms with Gasteiger partial charge in [0.25, 0.3) is 0 Å². The molecule has 2 atom stereocenters. The maximum Gasteiger partial charge on any atom is 0.419 e. The summed E-state index contributed by atoms with van der Waals surface area (Å²) in [6, 6.07) is 2.31. The Balaban J connectivity index is 1.34. The van der Waals surface area contributed by atoms with E-state index in [0.29, 0.717) is 31.0 Å². The molecule has 5 heterocycles. The highest BCUT2D eigenvalue weighted by Crippen LogP contribution is 2.44. The Bertz CT molecular complexity index is 1230. The molecular formula is C22H23F3N8O. The molecule has 3 N–H and O–H groups in total. The van der Waals surface area contributed by atoms with E-state index in [0.717, 1.165) is 24.6 Å². The number of likely N-dealkylation sites (tertiary alicyclic amines) is 1. The first-order valence-electron chi connectivity index (χ1n) is 10.9. The maximum absolute atomic E-state index is 13.3. The van der Waals surface area contributed by atoms with Crippen molar-refractivity contribution in [2.24, 2.45) is 0 Å². The third-order valence-electron chi connectivity index (χ3n) is 6.65. The number of nitrogens with one attached hydrogen (secondary N) is 1. The first kappa shape index (κ1) is 22.1. The number of aryl methyl sites for hydroxylation is 1. The van der Waals surface area contributed by atoms with Crippen LogP contribution in [0.25, 0.3) is 11.3 Å². The lowest BCUT2D eigenvalue weighted by molar-refractivity contribution is -0.137. The minimum atomic E-state index is -4.60. The highest BCUT2D eigenvalue weighted by molar-refractivity contribution is 5.75. The first-order valence-corrected chi connectivity index (χ1v) is 10.9. The van der Waals surface area contributed by atoms with Crippen LogP contribution in [-0.4, -0.2) is 48.8 Å². The molecule has 178 valence electrons. The van der Waals surface area contributed by atoms with Crippen molar-refractivity contribution in [2.75, 3.05) is 18.8 Å². The van der Waals surface area contributed by atoms with Crippen molar-refractivity contribution >= 4 is 11.8 Å². The number of amides is 2. The molecule has 2 amide bonds. The standard InChI is InChI=1S/C22H23F3N8O/c1-13(17-11-27-4-5-28-17)30-20(34)32-6-2-21(12-32)3-7-33-18(21)9-16(31-33)14-8-15(22(23,24)25)19(26)29-10-14/h4-5,8-11,13H,2-3,6-7,12H2,1H3,(H2,26,29)(H,30,34). The maximum atomic E-state index is 13.3. The van der Waals surface area contributed by atoms with Crippen LogP contribution in [-0.2, 0) is 18.1 Å². The number of pyridine rings is 1. The van der Waals surface area contributed by atoms with Crippen molar-refractivity contribution in [2.45, 2.75) is 43.9 Å². The molecule has 0 aromatic carbocycles. The van der Waals surface area contributed by atoms with Gasteiger partial charge < -0.3 is 16.0 Å². The molecule has 0 bridgehead atoms. The van der Waals surface area contributed by atoms with Crippen molar-refractivity contribution in [3.05, 3.63) is 53.9 Å². The number of carbonyl (C=O) groups excluding carboxylic acids is 1. The summed E-state index contributed by atoms with van der Waals surface area (Å²) < 4.78 is 41.6. The molecule has 1 fully saturated rings. The molecular weight excluding hydrogens is 449 g/mol. The summed E-state index contributed by atoms with van der Waals surface area (Å²) in [6.45, 7) is 3.56. The van der Waals surface area contributed by atoms with Crippen LogP contribution >= 0.6 is 0 Å². The molecule has 1 spiro atoms. The van der Waals surface area contributed by atoms with E-state index in [4.69, 9.17) is 5.73 Å². The van der Waals surface area contributed by atoms with Crippen LogP contribution in [0.4, 0.5) is 23.8 Å². The lowest BCUT2D eigenvalue weighted by atomic mass is 9.82. The minimum absolute atomic E-state index is 0.189. The molecule has 0 aliphatic carbocycles. The van der Waals surface area contributed by atoms with Gasteiger partial charge in [0.2, 0.25) is 0 Å². The summed E-state index contributed by atoms with van der Waals surface area (Å²) in [6.07, 6.45) is 3.03. The van der Waals surface area contributed by atoms with E-state index in [1.807, 2.05) is 17.7 Å². The lowest BCUT2D eigenvalue weighted by Gasteiger charge is -2.24. The van der Waals surface area contributed by atoms with E-state index in [1.165, 1.54) is 6.20 Å². The van der Waals surface area contributed by atoms with E-state index in [-0.39, 0.29) is 23.1 Å². The van der Waals surface area contributed by atoms with Gasteiger partial charge in [0, 0.05) is 54.9 Å². The highest BCUT2D eigenvalue weighted by Gasteiger charge is 2.47. The Morgan fingerprint density at radius 1 is 1.18 bits per heavy atom. The van der Waals surface area contributed by atoms with Crippen LogP contribution in [0.15, 0.2) is 36.9 Å². The molecule has 1 saturated heterocycles. The zero-order valence-electron chi connectivity index (χ0n) is 18.4. The summed E-state index contributed by atoms with van der Waals surface area (Å²) >= 11 is 0. The van der Waals surface area contributed by atoms with Crippen LogP contribution in [0.3, 0.4) is 0 Å². The van der Waals surface area contributed by atoms with Gasteiger partial charge in [-0.15, -0.1) is 0 Å². The molecule has 34 heavy (non-hydrogen) atoms. The third kappa shape index (κ3) is 3.82. The number of hydrogen-bond acceptors (Lipinski definition) is 6. The van der Waals surface area contributed by atoms with E-state index in [2.05, 4.69) is 25.4 Å². The Morgan fingerprint density at radius 3 is 2.71 bits per heavy atom. The monoisotopic (exact) mass is 472 g/mol. The second-order valence-electron chi connectivity index (χ2n) is 8.80. The molecule has 0 saturated carbocycles. The Hall–Kier alpha value is -3.70. The number of urea groups is 1. The fourth-order valence-electron chi connectivity index (χ4n) is 4.79. The van der Waals surface area contributed by atoms with E-state index in [1.54, 1.807) is 23.5 Å². The van der Waals surface area contributed by atoms with Crippen molar-refractivity contribution in [1.29, 1.82) is 0 Å². The molecule has 0 radical (unpaired) electrons. The summed E-state index contributed by atoms with van der Waals surface area (Å²) in [5, 5.41) is 7.49. The minimum Gasteiger partial charge on any atom is -0.383 e. The molecule has 2 aliphatic rings. The van der Waals surface area contributed by atoms with E-state index >= 15 is 0 Å². The van der Waals surface area contributed by atoms with Crippen LogP contribution in [0.1, 0.15) is 42.8 Å². The van der Waals surface area contributed by atoms with Gasteiger partial charge in [-0.2, -0.15) is 18.3 Å². The van der Waals surface area contributed by atoms with Gasteiger partial charge in [-0.1, -0.05) is 0 Å². The van der Waals surface area contributed by atoms with Crippen molar-refractivity contribution in [1.82, 2.24) is 34.9 Å². The lowest BCUT2D eigenvalue weighted by Crippen LogP contribution is -2.41. The smallest absolute Gasteiger partial charge is 0.383 e. The van der Waals surface area contributed by atoms with Crippen molar-refractivity contribution in [3.63, 3.8) is 0 Å². The molecule has 2 unspecified atom stereocenters. The predicted octanol–water partition coefficient (Wildman–Crippen LogP) is 3.15. The number of halogens is 3. The normalized spacial score (nSPS) is 20.5. The van der Waals surface area contributed by atoms with E-state index < -0.39 is 17.6 Å². The number of aromatic nitrogens is 5. The number of anilines is 1. The summed E-state index contributed by atoms with van der Waals surface area (Å²) in [4.78, 5) is 26.6. The molecule has 9 nitrogen and oxygen atoms in total. The van der Waals surface area contributed by atoms with Gasteiger partial charge in [0.05, 0.1) is 29.2 Å². The van der Waals surface area contributed by atoms with Crippen LogP contribution in [0.5, 0.6) is 0 Å². The number of hydrogen-bond donors (Lipinski definition) is 2. The number of alkyl halides is 3. The molecule has 3 aromatic heterocycles. The van der Waals surface area contributed by atoms with Gasteiger partial charge in [0.15, 0.2) is 0 Å². The van der Waals surface area contributed by atoms with Crippen molar-refractivity contribution < 1.29 is 18.0 Å². The number of rotatable bonds is 3. The fourth-order valence-corrected chi connectivity index (χ4v) is 4.79. The average molecular weight is 472 g/mol. The zero-order chi connectivity index (χ0) is 24.1. The molecule has 5 rings (SSSR count). The number of nitrogens with two attached hydrogens (primary N) is 1. The number of carbonyl (C=O) groups is 1. The molecule has 2 aliphatic heterocycles. The fraction of sp³-hybridized carbons (Fsp3) is 0.409. The number of nitrogen functional groups attached to an aromatic ring is 1. The van der Waals surface area contributed by atoms with Gasteiger partial charge >= 0.3 is 12.2 Å². The quantitative estimate of drug-likeness (QED) is 0.605. The third-order valence-corrected chi connectivity index (χ3v) is 6.65. The molecule has 12 heteroatoms. The first-order chi connectivity index (χ1) is 16.2. The van der Waals surface area contributed by atoms with Gasteiger partial charge in [-0.3, -0.25) is 14.6 Å². The second-order valence-corrected chi connectivity index (χ2v) is 8.80. The number of nitrogens with zero attached hydrogens (tertiary/aromatic N) is 6. The predicted molar refractivity (Wildman–Crippen MR) is 116 cm³/mol. The summed E-state index contributed by atoms with van der Waals surface area (Å²) in [5.41, 5.74) is 6.42. The van der Waals surface area contributed by atoms with Crippen LogP contribution in [0.2, 0.25) is 0 Å². The van der Waals surface area contributed by atoms with Crippen LogP contribution in [0, 0.1) is 0 Å². The Morgan fingerprint density at radius 2 is 1.97 bits per heavy atom. The zero-order valence-corrected chi connectivity index (χ0v) is 18.4. The summed E-state index contributed by atoms with van der Waals surface area (Å²) in [7, 11) is 0. The average Bonchev–Trinajstić information content (AvgIpc) is 3.51.